The summed E-state index contributed by atoms with van der Waals surface area (Å²) >= 11 is 0. The number of hydrogen-bond donors (Lipinski definition) is 2. The number of aromatic hydroxyl groups is 1. The van der Waals surface area contributed by atoms with Crippen molar-refractivity contribution < 1.29 is 19.7 Å². The van der Waals surface area contributed by atoms with Gasteiger partial charge in [-0.2, -0.15) is 0 Å². The molecule has 4 bridgehead atoms. The molecule has 2 N–H and O–H groups in total. The van der Waals surface area contributed by atoms with Gasteiger partial charge in [0.2, 0.25) is 0 Å². The molecule has 9 rings (SSSR count). The van der Waals surface area contributed by atoms with E-state index in [9.17, 15) is 15.0 Å². The average Bonchev–Trinajstić information content (AvgIpc) is 3.26. The molecule has 2 aliphatic heterocycles. The van der Waals surface area contributed by atoms with E-state index in [0.717, 1.165) is 49.4 Å². The van der Waals surface area contributed by atoms with Crippen molar-refractivity contribution in [1.82, 2.24) is 9.80 Å². The fourth-order valence-corrected chi connectivity index (χ4v) is 9.31. The fourth-order valence-electron chi connectivity index (χ4n) is 9.31. The van der Waals surface area contributed by atoms with Gasteiger partial charge in [0.1, 0.15) is 11.7 Å². The molecule has 38 heavy (non-hydrogen) atoms. The van der Waals surface area contributed by atoms with Gasteiger partial charge in [0.25, 0.3) is 5.91 Å². The number of aliphatic hydroxyl groups is 1. The Morgan fingerprint density at radius 1 is 1.13 bits per heavy atom. The molecule has 2 aromatic carbocycles. The van der Waals surface area contributed by atoms with E-state index in [4.69, 9.17) is 4.74 Å². The molecule has 198 valence electrons. The predicted octanol–water partition coefficient (Wildman–Crippen LogP) is 3.93. The Hall–Kier alpha value is -2.83. The van der Waals surface area contributed by atoms with Crippen LogP contribution in [0.25, 0.3) is 0 Å². The molecular weight excluding hydrogens is 476 g/mol. The number of fused-ring (bicyclic) bond motifs is 1. The molecule has 5 atom stereocenters. The molecule has 2 spiro atoms. The summed E-state index contributed by atoms with van der Waals surface area (Å²) in [5.41, 5.74) is 1.82. The van der Waals surface area contributed by atoms with E-state index in [1.807, 2.05) is 37.4 Å². The van der Waals surface area contributed by atoms with Gasteiger partial charge in [0.15, 0.2) is 11.5 Å². The molecule has 3 fully saturated rings. The second-order valence-electron chi connectivity index (χ2n) is 12.8. The van der Waals surface area contributed by atoms with Crippen LogP contribution in [0.3, 0.4) is 0 Å². The van der Waals surface area contributed by atoms with Gasteiger partial charge in [-0.1, -0.05) is 48.9 Å². The number of amides is 1. The smallest absolute Gasteiger partial charge is 0.252 e. The number of likely N-dealkylation sites (N-methyl/N-ethyl adjacent to an activating group) is 1. The van der Waals surface area contributed by atoms with Gasteiger partial charge in [0, 0.05) is 42.7 Å². The predicted molar refractivity (Wildman–Crippen MR) is 143 cm³/mol. The summed E-state index contributed by atoms with van der Waals surface area (Å²) in [7, 11) is 1.83. The lowest BCUT2D eigenvalue weighted by Crippen LogP contribution is -2.78. The number of benzene rings is 2. The van der Waals surface area contributed by atoms with Gasteiger partial charge in [0.05, 0.1) is 5.41 Å². The number of phenols is 1. The number of hydrogen-bond acceptors (Lipinski definition) is 5. The van der Waals surface area contributed by atoms with Gasteiger partial charge in [-0.05, 0) is 68.2 Å². The molecule has 2 heterocycles. The Morgan fingerprint density at radius 3 is 2.71 bits per heavy atom. The highest BCUT2D eigenvalue weighted by Crippen LogP contribution is 2.74. The van der Waals surface area contributed by atoms with E-state index in [-0.39, 0.29) is 23.1 Å². The molecule has 7 aliphatic rings. The Kier molecular flexibility index (Phi) is 4.64. The summed E-state index contributed by atoms with van der Waals surface area (Å²) in [6.45, 7) is 2.57. The molecule has 0 radical (unpaired) electrons. The third-order valence-electron chi connectivity index (χ3n) is 11.2. The van der Waals surface area contributed by atoms with Crippen LogP contribution >= 0.6 is 0 Å². The largest absolute Gasteiger partial charge is 0.504 e. The second-order valence-corrected chi connectivity index (χ2v) is 12.8. The lowest BCUT2D eigenvalue weighted by Gasteiger charge is -2.70. The minimum atomic E-state index is -1.38. The number of phenolic OH excluding ortho intramolecular Hbond substituents is 1. The number of ether oxygens (including phenoxy) is 1. The van der Waals surface area contributed by atoms with Crippen LogP contribution in [0.1, 0.15) is 55.2 Å². The van der Waals surface area contributed by atoms with E-state index in [2.05, 4.69) is 17.0 Å². The van der Waals surface area contributed by atoms with Crippen LogP contribution in [-0.2, 0) is 23.2 Å². The Morgan fingerprint density at radius 2 is 1.95 bits per heavy atom. The van der Waals surface area contributed by atoms with Crippen molar-refractivity contribution in [1.29, 1.82) is 0 Å². The minimum Gasteiger partial charge on any atom is -0.504 e. The van der Waals surface area contributed by atoms with Gasteiger partial charge >= 0.3 is 0 Å². The number of carbonyl (C=O) groups is 1. The quantitative estimate of drug-likeness (QED) is 0.635. The Labute approximate surface area is 223 Å². The van der Waals surface area contributed by atoms with Crippen LogP contribution in [0.15, 0.2) is 54.1 Å². The maximum absolute atomic E-state index is 14.1. The zero-order valence-corrected chi connectivity index (χ0v) is 22.0. The normalized spacial score (nSPS) is 36.2. The third kappa shape index (κ3) is 2.68. The Bertz CT molecular complexity index is 1370. The molecule has 6 nitrogen and oxygen atoms in total. The number of carbonyl (C=O) groups excluding carboxylic acids is 1. The zero-order chi connectivity index (χ0) is 25.9. The van der Waals surface area contributed by atoms with Crippen LogP contribution in [0.5, 0.6) is 11.5 Å². The topological polar surface area (TPSA) is 73.2 Å². The van der Waals surface area contributed by atoms with Crippen LogP contribution in [0.2, 0.25) is 0 Å². The molecule has 2 saturated carbocycles. The molecular formula is C32H36N2O4. The van der Waals surface area contributed by atoms with Crippen LogP contribution in [0.4, 0.5) is 0 Å². The van der Waals surface area contributed by atoms with E-state index in [1.165, 1.54) is 24.8 Å². The molecule has 6 heteroatoms. The summed E-state index contributed by atoms with van der Waals surface area (Å²) in [5, 5.41) is 23.4. The summed E-state index contributed by atoms with van der Waals surface area (Å²) in [5.74, 6) is 1.33. The van der Waals surface area contributed by atoms with Crippen LogP contribution < -0.4 is 4.74 Å². The number of rotatable bonds is 5. The summed E-state index contributed by atoms with van der Waals surface area (Å²) in [6.07, 6.45) is 8.72. The van der Waals surface area contributed by atoms with Crippen molar-refractivity contribution in [3.63, 3.8) is 0 Å². The zero-order valence-electron chi connectivity index (χ0n) is 22.0. The van der Waals surface area contributed by atoms with E-state index >= 15 is 0 Å². The van der Waals surface area contributed by atoms with Gasteiger partial charge < -0.3 is 19.8 Å². The molecule has 1 saturated heterocycles. The lowest BCUT2D eigenvalue weighted by molar-refractivity contribution is -0.189. The SMILES string of the molecule is CN(Cc1ccccc1)C(=O)C1=C[C@@]23CC[C@]1(O)[C@@H]1Oc4c(O)ccc5c4[C@@]12CCN(CC1CCC1)[C@@H]3C5. The van der Waals surface area contributed by atoms with E-state index in [1.54, 1.807) is 11.0 Å². The van der Waals surface area contributed by atoms with Gasteiger partial charge in [-0.15, -0.1) is 0 Å². The standard InChI is InChI=1S/C32H36N2O4/c1-33(18-20-6-3-2-4-7-20)28(36)23-17-30-12-13-32(23,37)29-31(30)14-15-34(19-21-8-5-9-21)25(30)16-22-10-11-24(35)27(38-29)26(22)31/h2-4,6-7,10-11,17,21,25,29,35,37H,5,8-9,12-16,18-19H2,1H3/t25-,29-,30-,31+,32-/m1/s1. The first-order valence-electron chi connectivity index (χ1n) is 14.4. The molecule has 5 aliphatic carbocycles. The average molecular weight is 513 g/mol. The first-order valence-corrected chi connectivity index (χ1v) is 14.4. The number of nitrogens with zero attached hydrogens (tertiary/aromatic N) is 2. The fraction of sp³-hybridized carbons (Fsp3) is 0.531. The first kappa shape index (κ1) is 23.1. The maximum atomic E-state index is 14.1. The highest BCUT2D eigenvalue weighted by molar-refractivity contribution is 5.97. The van der Waals surface area contributed by atoms with Crippen molar-refractivity contribution in [2.45, 2.75) is 74.7 Å². The van der Waals surface area contributed by atoms with Crippen LogP contribution in [0, 0.1) is 11.3 Å². The Balaban J connectivity index is 1.27. The molecule has 0 unspecified atom stereocenters. The summed E-state index contributed by atoms with van der Waals surface area (Å²) in [4.78, 5) is 18.6. The van der Waals surface area contributed by atoms with E-state index < -0.39 is 17.1 Å². The molecule has 0 aromatic heterocycles. The minimum absolute atomic E-state index is 0.122. The summed E-state index contributed by atoms with van der Waals surface area (Å²) < 4.78 is 6.64. The van der Waals surface area contributed by atoms with Crippen molar-refractivity contribution >= 4 is 5.91 Å². The summed E-state index contributed by atoms with van der Waals surface area (Å²) in [6, 6.07) is 14.1. The van der Waals surface area contributed by atoms with Crippen molar-refractivity contribution in [3.8, 4) is 11.5 Å². The van der Waals surface area contributed by atoms with Gasteiger partial charge in [-0.3, -0.25) is 9.69 Å². The first-order chi connectivity index (χ1) is 18.4. The second kappa shape index (κ2) is 7.64. The molecule has 2 aromatic rings. The lowest BCUT2D eigenvalue weighted by atomic mass is 9.37. The van der Waals surface area contributed by atoms with Crippen LogP contribution in [-0.4, -0.2) is 63.8 Å². The van der Waals surface area contributed by atoms with Gasteiger partial charge in [-0.25, -0.2) is 0 Å². The number of likely N-dealkylation sites (tertiary alicyclic amines) is 1. The van der Waals surface area contributed by atoms with Crippen molar-refractivity contribution in [2.24, 2.45) is 11.3 Å². The maximum Gasteiger partial charge on any atom is 0.252 e. The van der Waals surface area contributed by atoms with Crippen molar-refractivity contribution in [2.75, 3.05) is 20.1 Å². The highest BCUT2D eigenvalue weighted by Gasteiger charge is 2.78. The third-order valence-corrected chi connectivity index (χ3v) is 11.2. The van der Waals surface area contributed by atoms with E-state index in [0.29, 0.717) is 24.3 Å². The number of piperidine rings is 1. The highest BCUT2D eigenvalue weighted by atomic mass is 16.5. The van der Waals surface area contributed by atoms with Crippen molar-refractivity contribution in [3.05, 3.63) is 70.8 Å². The molecule has 1 amide bonds. The monoisotopic (exact) mass is 512 g/mol.